The largest absolute Gasteiger partial charge is 0.376 e. The van der Waals surface area contributed by atoms with Gasteiger partial charge < -0.3 is 5.73 Å². The summed E-state index contributed by atoms with van der Waals surface area (Å²) in [4.78, 5) is 0. The van der Waals surface area contributed by atoms with E-state index in [0.717, 1.165) is 13.0 Å². The van der Waals surface area contributed by atoms with E-state index in [4.69, 9.17) is 5.73 Å². The molecule has 0 amide bonds. The Morgan fingerprint density at radius 1 is 1.88 bits per heavy atom. The summed E-state index contributed by atoms with van der Waals surface area (Å²) in [6, 6.07) is 0. The molecule has 0 unspecified atom stereocenters. The summed E-state index contributed by atoms with van der Waals surface area (Å²) < 4.78 is 1.83. The number of hydrogen-bond donors (Lipinski definition) is 1. The van der Waals surface area contributed by atoms with Gasteiger partial charge in [-0.25, -0.2) is 0 Å². The molecule has 0 aliphatic rings. The van der Waals surface area contributed by atoms with Crippen molar-refractivity contribution in [3.8, 4) is 0 Å². The Hall–Kier alpha value is 0.420. The average Bonchev–Trinajstić information content (AvgIpc) is 1.67. The van der Waals surface area contributed by atoms with Crippen LogP contribution in [0.4, 0.5) is 0 Å². The van der Waals surface area contributed by atoms with Crippen molar-refractivity contribution in [1.29, 1.82) is 0 Å². The lowest BCUT2D eigenvalue weighted by Crippen LogP contribution is -2.26. The van der Waals surface area contributed by atoms with E-state index in [1.807, 2.05) is 3.11 Å². The Balaban J connectivity index is 3.32. The summed E-state index contributed by atoms with van der Waals surface area (Å²) in [7, 11) is 0. The predicted molar refractivity (Wildman–Crippen MR) is 47.8 cm³/mol. The minimum atomic E-state index is 0.465. The van der Waals surface area contributed by atoms with Crippen LogP contribution < -0.4 is 5.73 Å². The van der Waals surface area contributed by atoms with E-state index >= 15 is 0 Å². The summed E-state index contributed by atoms with van der Waals surface area (Å²) in [5, 5.41) is 0.465. The van der Waals surface area contributed by atoms with Crippen molar-refractivity contribution in [3.63, 3.8) is 0 Å². The molecular formula is C4H9IN2S. The minimum absolute atomic E-state index is 0.465. The molecule has 0 bridgehead atoms. The molecule has 0 fully saturated rings. The second kappa shape index (κ2) is 4.31. The quantitative estimate of drug-likeness (QED) is 0.451. The highest BCUT2D eigenvalue weighted by Gasteiger charge is 1.95. The zero-order chi connectivity index (χ0) is 6.57. The van der Waals surface area contributed by atoms with Gasteiger partial charge in [0.25, 0.3) is 0 Å². The molecular weight excluding hydrogens is 235 g/mol. The van der Waals surface area contributed by atoms with Gasteiger partial charge in [-0.15, -0.1) is 0 Å². The number of nitrogens with two attached hydrogens (primary N) is 1. The first-order chi connectivity index (χ1) is 3.68. The van der Waals surface area contributed by atoms with Crippen molar-refractivity contribution >= 4 is 40.2 Å². The highest BCUT2D eigenvalue weighted by atomic mass is 127. The van der Waals surface area contributed by atoms with Crippen LogP contribution in [0.2, 0.25) is 0 Å². The highest BCUT2D eigenvalue weighted by Crippen LogP contribution is 1.97. The average molecular weight is 244 g/mol. The topological polar surface area (TPSA) is 29.3 Å². The van der Waals surface area contributed by atoms with Gasteiger partial charge in [-0.2, -0.15) is 0 Å². The molecule has 0 heterocycles. The first-order valence-corrected chi connectivity index (χ1v) is 3.78. The molecule has 0 aliphatic heterocycles. The standard InChI is InChI=1S/C4H9IN2S/c1-2-3-7(5)4(6)8/h2-3H2,1H3,(H2,6,8). The molecule has 0 saturated heterocycles. The molecule has 0 spiro atoms. The molecule has 48 valence electrons. The second-order valence-corrected chi connectivity index (χ2v) is 3.01. The van der Waals surface area contributed by atoms with E-state index in [9.17, 15) is 0 Å². The molecule has 2 nitrogen and oxygen atoms in total. The lowest BCUT2D eigenvalue weighted by molar-refractivity contribution is 0.695. The fourth-order valence-corrected chi connectivity index (χ4v) is 0.880. The molecule has 0 atom stereocenters. The summed E-state index contributed by atoms with van der Waals surface area (Å²) in [6.07, 6.45) is 1.08. The molecule has 0 aliphatic carbocycles. The molecule has 0 radical (unpaired) electrons. The Bertz CT molecular complexity index is 86.1. The molecule has 0 saturated carbocycles. The van der Waals surface area contributed by atoms with Crippen molar-refractivity contribution in [3.05, 3.63) is 0 Å². The van der Waals surface area contributed by atoms with E-state index in [0.29, 0.717) is 5.11 Å². The monoisotopic (exact) mass is 244 g/mol. The van der Waals surface area contributed by atoms with E-state index < -0.39 is 0 Å². The number of nitrogens with zero attached hydrogens (tertiary/aromatic N) is 1. The van der Waals surface area contributed by atoms with Crippen LogP contribution in [0.5, 0.6) is 0 Å². The Morgan fingerprint density at radius 3 is 2.50 bits per heavy atom. The summed E-state index contributed by atoms with van der Waals surface area (Å²) in [5.74, 6) is 0. The lowest BCUT2D eigenvalue weighted by Gasteiger charge is -2.10. The van der Waals surface area contributed by atoms with E-state index in [2.05, 4.69) is 42.0 Å². The van der Waals surface area contributed by atoms with Gasteiger partial charge in [-0.05, 0) is 18.6 Å². The van der Waals surface area contributed by atoms with E-state index in [-0.39, 0.29) is 0 Å². The maximum Gasteiger partial charge on any atom is 0.175 e. The minimum Gasteiger partial charge on any atom is -0.376 e. The molecule has 8 heavy (non-hydrogen) atoms. The van der Waals surface area contributed by atoms with Gasteiger partial charge in [0, 0.05) is 6.54 Å². The molecule has 2 N–H and O–H groups in total. The number of hydrogen-bond acceptors (Lipinski definition) is 1. The van der Waals surface area contributed by atoms with Crippen LogP contribution in [0.1, 0.15) is 13.3 Å². The smallest absolute Gasteiger partial charge is 0.175 e. The summed E-state index contributed by atoms with van der Waals surface area (Å²) >= 11 is 6.78. The van der Waals surface area contributed by atoms with Crippen molar-refractivity contribution < 1.29 is 0 Å². The zero-order valence-corrected chi connectivity index (χ0v) is 7.70. The number of halogens is 1. The van der Waals surface area contributed by atoms with Gasteiger partial charge >= 0.3 is 0 Å². The van der Waals surface area contributed by atoms with Gasteiger partial charge in [0.2, 0.25) is 0 Å². The first-order valence-electron chi connectivity index (χ1n) is 2.41. The fourth-order valence-electron chi connectivity index (χ4n) is 0.307. The number of thiocarbonyl (C=S) groups is 1. The van der Waals surface area contributed by atoms with Crippen molar-refractivity contribution in [2.24, 2.45) is 5.73 Å². The van der Waals surface area contributed by atoms with Crippen LogP contribution in [-0.2, 0) is 0 Å². The third-order valence-corrected chi connectivity index (χ3v) is 2.21. The van der Waals surface area contributed by atoms with Crippen LogP contribution in [0, 0.1) is 0 Å². The van der Waals surface area contributed by atoms with Crippen molar-refractivity contribution in [2.45, 2.75) is 13.3 Å². The molecule has 0 aromatic rings. The molecule has 0 aromatic heterocycles. The zero-order valence-electron chi connectivity index (χ0n) is 4.72. The van der Waals surface area contributed by atoms with Gasteiger partial charge in [0.15, 0.2) is 5.11 Å². The number of rotatable bonds is 2. The van der Waals surface area contributed by atoms with Crippen LogP contribution in [0.15, 0.2) is 0 Å². The summed E-state index contributed by atoms with van der Waals surface area (Å²) in [5.41, 5.74) is 5.27. The van der Waals surface area contributed by atoms with Crippen molar-refractivity contribution in [1.82, 2.24) is 3.11 Å². The van der Waals surface area contributed by atoms with Crippen LogP contribution in [-0.4, -0.2) is 14.8 Å². The maximum absolute atomic E-state index is 5.27. The van der Waals surface area contributed by atoms with Gasteiger partial charge in [0.05, 0.1) is 22.9 Å². The summed E-state index contributed by atoms with van der Waals surface area (Å²) in [6.45, 7) is 3.03. The van der Waals surface area contributed by atoms with Gasteiger partial charge in [0.1, 0.15) is 0 Å². The lowest BCUT2D eigenvalue weighted by atomic mass is 10.5. The molecule has 4 heteroatoms. The fraction of sp³-hybridized carbons (Fsp3) is 0.750. The first kappa shape index (κ1) is 8.42. The van der Waals surface area contributed by atoms with Crippen LogP contribution >= 0.6 is 35.1 Å². The predicted octanol–water partition coefficient (Wildman–Crippen LogP) is 1.29. The SMILES string of the molecule is CCCN(I)C(N)=S. The second-order valence-electron chi connectivity index (χ2n) is 1.42. The maximum atomic E-state index is 5.27. The third-order valence-electron chi connectivity index (χ3n) is 0.659. The molecule has 0 aromatic carbocycles. The van der Waals surface area contributed by atoms with Gasteiger partial charge in [-0.1, -0.05) is 6.92 Å². The Kier molecular flexibility index (Phi) is 4.54. The van der Waals surface area contributed by atoms with Crippen molar-refractivity contribution in [2.75, 3.05) is 6.54 Å². The van der Waals surface area contributed by atoms with Crippen LogP contribution in [0.25, 0.3) is 0 Å². The Morgan fingerprint density at radius 2 is 2.38 bits per heavy atom. The van der Waals surface area contributed by atoms with E-state index in [1.54, 1.807) is 0 Å². The molecule has 0 rings (SSSR count). The normalized spacial score (nSPS) is 8.75. The van der Waals surface area contributed by atoms with Crippen LogP contribution in [0.3, 0.4) is 0 Å². The third kappa shape index (κ3) is 3.43. The van der Waals surface area contributed by atoms with Gasteiger partial charge in [-0.3, -0.25) is 3.11 Å². The Labute approximate surface area is 68.9 Å². The van der Waals surface area contributed by atoms with E-state index in [1.165, 1.54) is 0 Å². The highest BCUT2D eigenvalue weighted by molar-refractivity contribution is 14.1.